The first-order valence-corrected chi connectivity index (χ1v) is 9.19. The summed E-state index contributed by atoms with van der Waals surface area (Å²) in [5.41, 5.74) is 2.13. The van der Waals surface area contributed by atoms with Crippen LogP contribution in [0, 0.1) is 6.92 Å². The molecule has 8 nitrogen and oxygen atoms in total. The number of anilines is 1. The summed E-state index contributed by atoms with van der Waals surface area (Å²) in [6.45, 7) is 1.92. The van der Waals surface area contributed by atoms with E-state index >= 15 is 0 Å². The summed E-state index contributed by atoms with van der Waals surface area (Å²) in [7, 11) is 0. The van der Waals surface area contributed by atoms with Crippen LogP contribution in [0.1, 0.15) is 39.4 Å². The average Bonchev–Trinajstić information content (AvgIpc) is 3.26. The van der Waals surface area contributed by atoms with Gasteiger partial charge >= 0.3 is 0 Å². The molecule has 0 saturated heterocycles. The van der Waals surface area contributed by atoms with Gasteiger partial charge in [-0.3, -0.25) is 19.3 Å². The van der Waals surface area contributed by atoms with Gasteiger partial charge < -0.3 is 9.84 Å². The fourth-order valence-corrected chi connectivity index (χ4v) is 3.21. The molecule has 1 aliphatic rings. The second-order valence-electron chi connectivity index (χ2n) is 6.69. The van der Waals surface area contributed by atoms with Crippen LogP contribution >= 0.6 is 0 Å². The molecule has 0 unspecified atom stereocenters. The minimum atomic E-state index is -0.312. The first kappa shape index (κ1) is 18.5. The number of hydrogen-bond acceptors (Lipinski definition) is 6. The fourth-order valence-electron chi connectivity index (χ4n) is 3.21. The lowest BCUT2D eigenvalue weighted by Gasteiger charge is -2.13. The normalized spacial score (nSPS) is 12.9. The summed E-state index contributed by atoms with van der Waals surface area (Å²) in [5, 5.41) is 6.56. The van der Waals surface area contributed by atoms with Crippen LogP contribution in [0.2, 0.25) is 0 Å². The van der Waals surface area contributed by atoms with Gasteiger partial charge in [-0.25, -0.2) is 0 Å². The van der Waals surface area contributed by atoms with Crippen molar-refractivity contribution in [2.75, 3.05) is 11.9 Å². The predicted molar refractivity (Wildman–Crippen MR) is 104 cm³/mol. The molecular weight excluding hydrogens is 372 g/mol. The highest BCUT2D eigenvalue weighted by Gasteiger charge is 2.34. The van der Waals surface area contributed by atoms with E-state index in [-0.39, 0.29) is 30.7 Å². The molecule has 0 radical (unpaired) electrons. The van der Waals surface area contributed by atoms with Crippen molar-refractivity contribution >= 4 is 23.4 Å². The lowest BCUT2D eigenvalue weighted by atomic mass is 10.1. The number of carbonyl (C=O) groups excluding carboxylic acids is 3. The topological polar surface area (TPSA) is 105 Å². The number of rotatable bonds is 6. The van der Waals surface area contributed by atoms with Crippen molar-refractivity contribution in [3.63, 3.8) is 0 Å². The molecular formula is C21H18N4O4. The molecule has 0 atom stereocenters. The number of aryl methyl sites for hydroxylation is 1. The van der Waals surface area contributed by atoms with Gasteiger partial charge in [-0.1, -0.05) is 23.4 Å². The molecule has 2 heterocycles. The summed E-state index contributed by atoms with van der Waals surface area (Å²) >= 11 is 0. The van der Waals surface area contributed by atoms with Crippen molar-refractivity contribution in [3.8, 4) is 11.5 Å². The third-order valence-electron chi connectivity index (χ3n) is 4.58. The van der Waals surface area contributed by atoms with E-state index in [1.165, 1.54) is 4.90 Å². The Morgan fingerprint density at radius 3 is 2.45 bits per heavy atom. The summed E-state index contributed by atoms with van der Waals surface area (Å²) < 4.78 is 5.14. The first-order valence-electron chi connectivity index (χ1n) is 9.19. The van der Waals surface area contributed by atoms with Crippen molar-refractivity contribution in [2.45, 2.75) is 19.8 Å². The third-order valence-corrected chi connectivity index (χ3v) is 4.58. The Kier molecular flexibility index (Phi) is 4.90. The van der Waals surface area contributed by atoms with E-state index in [1.54, 1.807) is 49.4 Å². The van der Waals surface area contributed by atoms with Gasteiger partial charge in [-0.05, 0) is 43.7 Å². The van der Waals surface area contributed by atoms with Crippen LogP contribution in [0.3, 0.4) is 0 Å². The Labute approximate surface area is 166 Å². The molecule has 0 bridgehead atoms. The molecule has 0 fully saturated rings. The second kappa shape index (κ2) is 7.67. The number of amides is 3. The predicted octanol–water partition coefficient (Wildman–Crippen LogP) is 3.06. The lowest BCUT2D eigenvalue weighted by molar-refractivity contribution is -0.116. The smallest absolute Gasteiger partial charge is 0.261 e. The maximum absolute atomic E-state index is 12.3. The van der Waals surface area contributed by atoms with Gasteiger partial charge in [0.25, 0.3) is 17.7 Å². The van der Waals surface area contributed by atoms with Gasteiger partial charge in [0, 0.05) is 24.2 Å². The summed E-state index contributed by atoms with van der Waals surface area (Å²) in [4.78, 5) is 42.3. The van der Waals surface area contributed by atoms with Crippen molar-refractivity contribution in [1.82, 2.24) is 15.0 Å². The van der Waals surface area contributed by atoms with E-state index in [4.69, 9.17) is 4.52 Å². The highest BCUT2D eigenvalue weighted by Crippen LogP contribution is 2.23. The monoisotopic (exact) mass is 390 g/mol. The molecule has 1 aromatic heterocycles. The van der Waals surface area contributed by atoms with E-state index in [9.17, 15) is 14.4 Å². The van der Waals surface area contributed by atoms with Gasteiger partial charge in [0.2, 0.25) is 5.91 Å². The summed E-state index contributed by atoms with van der Waals surface area (Å²) in [5.74, 6) is 0.0782. The van der Waals surface area contributed by atoms with Crippen molar-refractivity contribution in [2.24, 2.45) is 0 Å². The zero-order valence-electron chi connectivity index (χ0n) is 15.7. The molecule has 8 heteroatoms. The van der Waals surface area contributed by atoms with Crippen LogP contribution < -0.4 is 5.32 Å². The van der Waals surface area contributed by atoms with Crippen LogP contribution in [0.4, 0.5) is 5.69 Å². The van der Waals surface area contributed by atoms with Crippen LogP contribution in [0.15, 0.2) is 53.1 Å². The molecule has 1 N–H and O–H groups in total. The number of fused-ring (bicyclic) bond motifs is 1. The largest absolute Gasteiger partial charge is 0.334 e. The molecule has 1 aliphatic heterocycles. The Morgan fingerprint density at radius 1 is 1.07 bits per heavy atom. The molecule has 4 rings (SSSR count). The lowest BCUT2D eigenvalue weighted by Crippen LogP contribution is -2.31. The number of nitrogens with zero attached hydrogens (tertiary/aromatic N) is 3. The maximum Gasteiger partial charge on any atom is 0.261 e. The van der Waals surface area contributed by atoms with Crippen molar-refractivity contribution < 1.29 is 18.9 Å². The van der Waals surface area contributed by atoms with Gasteiger partial charge in [0.15, 0.2) is 5.82 Å². The van der Waals surface area contributed by atoms with E-state index in [1.807, 2.05) is 6.07 Å². The Hall–Kier alpha value is -3.81. The van der Waals surface area contributed by atoms with E-state index in [0.29, 0.717) is 40.5 Å². The van der Waals surface area contributed by atoms with Crippen LogP contribution in [-0.2, 0) is 4.79 Å². The Morgan fingerprint density at radius 2 is 1.79 bits per heavy atom. The molecule has 2 aromatic carbocycles. The number of hydrogen-bond donors (Lipinski definition) is 1. The standard InChI is InChI=1S/C21H18N4O4/c1-13-22-19(29-24-13)14-6-4-7-15(12-14)23-18(26)10-5-11-25-20(27)16-8-2-3-9-17(16)21(25)28/h2-4,6-9,12H,5,10-11H2,1H3,(H,23,26). The van der Waals surface area contributed by atoms with Crippen molar-refractivity contribution in [1.29, 1.82) is 0 Å². The SMILES string of the molecule is Cc1noc(-c2cccc(NC(=O)CCCN3C(=O)c4ccccc4C3=O)c2)n1. The number of imide groups is 1. The quantitative estimate of drug-likeness (QED) is 0.649. The molecule has 0 spiro atoms. The second-order valence-corrected chi connectivity index (χ2v) is 6.69. The van der Waals surface area contributed by atoms with Crippen LogP contribution in [-0.4, -0.2) is 39.3 Å². The van der Waals surface area contributed by atoms with Gasteiger partial charge in [0.1, 0.15) is 0 Å². The average molecular weight is 390 g/mol. The fraction of sp³-hybridized carbons (Fsp3) is 0.190. The maximum atomic E-state index is 12.3. The number of nitrogens with one attached hydrogen (secondary N) is 1. The minimum absolute atomic E-state index is 0.178. The number of carbonyl (C=O) groups is 3. The Bertz CT molecular complexity index is 1070. The van der Waals surface area contributed by atoms with E-state index in [2.05, 4.69) is 15.5 Å². The molecule has 29 heavy (non-hydrogen) atoms. The summed E-state index contributed by atoms with van der Waals surface area (Å²) in [6, 6.07) is 13.8. The van der Waals surface area contributed by atoms with E-state index < -0.39 is 0 Å². The first-order chi connectivity index (χ1) is 14.0. The van der Waals surface area contributed by atoms with Gasteiger partial charge in [0.05, 0.1) is 11.1 Å². The number of benzene rings is 2. The molecule has 3 aromatic rings. The molecule has 0 aliphatic carbocycles. The van der Waals surface area contributed by atoms with Crippen molar-refractivity contribution in [3.05, 3.63) is 65.5 Å². The van der Waals surface area contributed by atoms with E-state index in [0.717, 1.165) is 0 Å². The molecule has 146 valence electrons. The van der Waals surface area contributed by atoms with Crippen LogP contribution in [0.25, 0.3) is 11.5 Å². The Balaban J connectivity index is 1.32. The highest BCUT2D eigenvalue weighted by molar-refractivity contribution is 6.21. The highest BCUT2D eigenvalue weighted by atomic mass is 16.5. The van der Waals surface area contributed by atoms with Gasteiger partial charge in [-0.15, -0.1) is 0 Å². The van der Waals surface area contributed by atoms with Crippen LogP contribution in [0.5, 0.6) is 0 Å². The van der Waals surface area contributed by atoms with Gasteiger partial charge in [-0.2, -0.15) is 4.98 Å². The third kappa shape index (κ3) is 3.77. The minimum Gasteiger partial charge on any atom is -0.334 e. The zero-order valence-corrected chi connectivity index (χ0v) is 15.7. The molecule has 0 saturated carbocycles. The zero-order chi connectivity index (χ0) is 20.4. The molecule has 3 amide bonds. The summed E-state index contributed by atoms with van der Waals surface area (Å²) in [6.07, 6.45) is 0.553. The number of aromatic nitrogens is 2.